The summed E-state index contributed by atoms with van der Waals surface area (Å²) in [6.07, 6.45) is 0. The van der Waals surface area contributed by atoms with Crippen molar-refractivity contribution in [3.63, 3.8) is 0 Å². The van der Waals surface area contributed by atoms with Gasteiger partial charge in [-0.15, -0.1) is 0 Å². The van der Waals surface area contributed by atoms with Gasteiger partial charge in [0.15, 0.2) is 0 Å². The summed E-state index contributed by atoms with van der Waals surface area (Å²) >= 11 is 3.54. The first kappa shape index (κ1) is 13.5. The molecular formula is C13H20BrNO. The summed E-state index contributed by atoms with van der Waals surface area (Å²) in [5, 5.41) is 3.30. The van der Waals surface area contributed by atoms with Gasteiger partial charge in [0.1, 0.15) is 5.75 Å². The lowest BCUT2D eigenvalue weighted by molar-refractivity contribution is 0.269. The van der Waals surface area contributed by atoms with Gasteiger partial charge in [-0.3, -0.25) is 0 Å². The van der Waals surface area contributed by atoms with E-state index in [4.69, 9.17) is 4.74 Å². The highest BCUT2D eigenvalue weighted by molar-refractivity contribution is 9.10. The number of ether oxygens (including phenoxy) is 1. The molecule has 1 aromatic rings. The maximum atomic E-state index is 5.69. The van der Waals surface area contributed by atoms with Crippen molar-refractivity contribution in [2.75, 3.05) is 13.2 Å². The zero-order valence-corrected chi connectivity index (χ0v) is 11.8. The number of halogens is 1. The van der Waals surface area contributed by atoms with Crippen molar-refractivity contribution in [2.45, 2.75) is 27.3 Å². The number of nitrogens with one attached hydrogen (secondary N) is 1. The van der Waals surface area contributed by atoms with Crippen molar-refractivity contribution in [3.05, 3.63) is 28.2 Å². The summed E-state index contributed by atoms with van der Waals surface area (Å²) < 4.78 is 6.72. The Bertz CT molecular complexity index is 326. The summed E-state index contributed by atoms with van der Waals surface area (Å²) in [6.45, 7) is 9.05. The molecule has 0 aromatic heterocycles. The van der Waals surface area contributed by atoms with Crippen molar-refractivity contribution in [2.24, 2.45) is 5.92 Å². The second kappa shape index (κ2) is 6.92. The van der Waals surface area contributed by atoms with E-state index >= 15 is 0 Å². The molecule has 0 aliphatic carbocycles. The molecule has 2 nitrogen and oxygen atoms in total. The maximum Gasteiger partial charge on any atom is 0.133 e. The topological polar surface area (TPSA) is 21.3 Å². The molecular weight excluding hydrogens is 266 g/mol. The van der Waals surface area contributed by atoms with Crippen LogP contribution in [0.2, 0.25) is 0 Å². The normalized spacial score (nSPS) is 10.8. The SMILES string of the molecule is CCNCc1ccc(OCC(C)C)c(Br)c1. The van der Waals surface area contributed by atoms with Crippen LogP contribution >= 0.6 is 15.9 Å². The summed E-state index contributed by atoms with van der Waals surface area (Å²) in [4.78, 5) is 0. The van der Waals surface area contributed by atoms with Crippen molar-refractivity contribution in [1.82, 2.24) is 5.32 Å². The number of rotatable bonds is 6. The maximum absolute atomic E-state index is 5.69. The minimum atomic E-state index is 0.549. The highest BCUT2D eigenvalue weighted by Crippen LogP contribution is 2.26. The standard InChI is InChI=1S/C13H20BrNO/c1-4-15-8-11-5-6-13(12(14)7-11)16-9-10(2)3/h5-7,10,15H,4,8-9H2,1-3H3. The smallest absolute Gasteiger partial charge is 0.133 e. The van der Waals surface area contributed by atoms with E-state index in [-0.39, 0.29) is 0 Å². The molecule has 0 amide bonds. The van der Waals surface area contributed by atoms with Gasteiger partial charge >= 0.3 is 0 Å². The van der Waals surface area contributed by atoms with Crippen LogP contribution in [0, 0.1) is 5.92 Å². The van der Waals surface area contributed by atoms with Gasteiger partial charge in [-0.25, -0.2) is 0 Å². The second-order valence-corrected chi connectivity index (χ2v) is 5.10. The molecule has 0 saturated heterocycles. The molecule has 0 atom stereocenters. The van der Waals surface area contributed by atoms with Gasteiger partial charge < -0.3 is 10.1 Å². The van der Waals surface area contributed by atoms with Gasteiger partial charge in [0, 0.05) is 6.54 Å². The van der Waals surface area contributed by atoms with Crippen LogP contribution in [0.25, 0.3) is 0 Å². The number of hydrogen-bond donors (Lipinski definition) is 1. The van der Waals surface area contributed by atoms with E-state index in [0.717, 1.165) is 29.9 Å². The molecule has 3 heteroatoms. The molecule has 0 radical (unpaired) electrons. The summed E-state index contributed by atoms with van der Waals surface area (Å²) in [6, 6.07) is 6.24. The predicted octanol–water partition coefficient (Wildman–Crippen LogP) is 3.59. The van der Waals surface area contributed by atoms with Crippen LogP contribution in [0.15, 0.2) is 22.7 Å². The third-order valence-electron chi connectivity index (χ3n) is 2.15. The predicted molar refractivity (Wildman–Crippen MR) is 71.9 cm³/mol. The van der Waals surface area contributed by atoms with Gasteiger partial charge in [0.25, 0.3) is 0 Å². The van der Waals surface area contributed by atoms with Crippen molar-refractivity contribution in [1.29, 1.82) is 0 Å². The van der Waals surface area contributed by atoms with Crippen molar-refractivity contribution >= 4 is 15.9 Å². The fourth-order valence-corrected chi connectivity index (χ4v) is 1.84. The molecule has 1 aromatic carbocycles. The summed E-state index contributed by atoms with van der Waals surface area (Å²) in [7, 11) is 0. The van der Waals surface area contributed by atoms with E-state index in [1.54, 1.807) is 0 Å². The Hall–Kier alpha value is -0.540. The average Bonchev–Trinajstić information content (AvgIpc) is 2.24. The van der Waals surface area contributed by atoms with E-state index in [2.05, 4.69) is 54.2 Å². The monoisotopic (exact) mass is 285 g/mol. The molecule has 1 rings (SSSR count). The quantitative estimate of drug-likeness (QED) is 0.862. The fraction of sp³-hybridized carbons (Fsp3) is 0.538. The van der Waals surface area contributed by atoms with Crippen molar-refractivity contribution < 1.29 is 4.74 Å². The summed E-state index contributed by atoms with van der Waals surface area (Å²) in [5.41, 5.74) is 1.27. The molecule has 0 bridgehead atoms. The van der Waals surface area contributed by atoms with E-state index < -0.39 is 0 Å². The molecule has 16 heavy (non-hydrogen) atoms. The Morgan fingerprint density at radius 2 is 2.12 bits per heavy atom. The largest absolute Gasteiger partial charge is 0.492 e. The molecule has 0 unspecified atom stereocenters. The Labute approximate surface area is 107 Å². The van der Waals surface area contributed by atoms with E-state index in [9.17, 15) is 0 Å². The van der Waals surface area contributed by atoms with Gasteiger partial charge in [-0.2, -0.15) is 0 Å². The highest BCUT2D eigenvalue weighted by atomic mass is 79.9. The molecule has 90 valence electrons. The lowest BCUT2D eigenvalue weighted by atomic mass is 10.2. The Morgan fingerprint density at radius 1 is 1.38 bits per heavy atom. The van der Waals surface area contributed by atoms with Crippen LogP contribution in [0.3, 0.4) is 0 Å². The zero-order valence-electron chi connectivity index (χ0n) is 10.2. The average molecular weight is 286 g/mol. The van der Waals surface area contributed by atoms with E-state index in [1.165, 1.54) is 5.56 Å². The Kier molecular flexibility index (Phi) is 5.85. The molecule has 0 heterocycles. The van der Waals surface area contributed by atoms with Crippen LogP contribution in [0.4, 0.5) is 0 Å². The molecule has 0 spiro atoms. The zero-order chi connectivity index (χ0) is 12.0. The van der Waals surface area contributed by atoms with Gasteiger partial charge in [0.05, 0.1) is 11.1 Å². The van der Waals surface area contributed by atoms with Crippen LogP contribution < -0.4 is 10.1 Å². The second-order valence-electron chi connectivity index (χ2n) is 4.25. The van der Waals surface area contributed by atoms with Gasteiger partial charge in [0.2, 0.25) is 0 Å². The molecule has 0 fully saturated rings. The molecule has 1 N–H and O–H groups in total. The number of hydrogen-bond acceptors (Lipinski definition) is 2. The minimum absolute atomic E-state index is 0.549. The van der Waals surface area contributed by atoms with E-state index in [0.29, 0.717) is 5.92 Å². The molecule has 0 aliphatic heterocycles. The minimum Gasteiger partial charge on any atom is -0.492 e. The Morgan fingerprint density at radius 3 is 2.69 bits per heavy atom. The Balaban J connectivity index is 2.60. The first-order chi connectivity index (χ1) is 7.63. The summed E-state index contributed by atoms with van der Waals surface area (Å²) in [5.74, 6) is 1.47. The molecule has 0 aliphatic rings. The third kappa shape index (κ3) is 4.54. The van der Waals surface area contributed by atoms with E-state index in [1.807, 2.05) is 6.07 Å². The third-order valence-corrected chi connectivity index (χ3v) is 2.77. The van der Waals surface area contributed by atoms with Crippen molar-refractivity contribution in [3.8, 4) is 5.75 Å². The highest BCUT2D eigenvalue weighted by Gasteiger charge is 2.03. The van der Waals surface area contributed by atoms with Crippen LogP contribution in [0.5, 0.6) is 5.75 Å². The number of benzene rings is 1. The van der Waals surface area contributed by atoms with Crippen LogP contribution in [-0.4, -0.2) is 13.2 Å². The molecule has 0 saturated carbocycles. The lowest BCUT2D eigenvalue weighted by Crippen LogP contribution is -2.11. The first-order valence-corrected chi connectivity index (χ1v) is 6.54. The lowest BCUT2D eigenvalue weighted by Gasteiger charge is -2.11. The first-order valence-electron chi connectivity index (χ1n) is 5.75. The van der Waals surface area contributed by atoms with Crippen LogP contribution in [-0.2, 0) is 6.54 Å². The fourth-order valence-electron chi connectivity index (χ4n) is 1.30. The van der Waals surface area contributed by atoms with Gasteiger partial charge in [-0.1, -0.05) is 26.8 Å². The van der Waals surface area contributed by atoms with Gasteiger partial charge in [-0.05, 0) is 46.1 Å². The van der Waals surface area contributed by atoms with Crippen LogP contribution in [0.1, 0.15) is 26.3 Å².